The number of aromatic nitrogens is 5. The number of rotatable bonds is 9. The molecule has 0 fully saturated rings. The summed E-state index contributed by atoms with van der Waals surface area (Å²) >= 11 is 3.00. The normalized spacial score (nSPS) is 11.6. The van der Waals surface area contributed by atoms with Gasteiger partial charge in [0.15, 0.2) is 5.16 Å². The minimum absolute atomic E-state index is 0.133. The molecule has 3 heterocycles. The van der Waals surface area contributed by atoms with Crippen LogP contribution >= 0.6 is 23.1 Å². The van der Waals surface area contributed by atoms with Crippen molar-refractivity contribution in [3.63, 3.8) is 0 Å². The number of carbonyl (C=O) groups excluding carboxylic acids is 1. The smallest absolute Gasteiger partial charge is 0.260 e. The van der Waals surface area contributed by atoms with Crippen molar-refractivity contribution in [1.82, 2.24) is 24.7 Å². The van der Waals surface area contributed by atoms with Crippen LogP contribution in [-0.2, 0) is 23.5 Å². The van der Waals surface area contributed by atoms with E-state index in [2.05, 4.69) is 41.2 Å². The monoisotopic (exact) mass is 496 g/mol. The summed E-state index contributed by atoms with van der Waals surface area (Å²) in [5, 5.41) is 9.96. The van der Waals surface area contributed by atoms with Crippen LogP contribution in [-0.4, -0.2) is 30.6 Å². The van der Waals surface area contributed by atoms with Gasteiger partial charge in [0.05, 0.1) is 11.1 Å². The highest BCUT2D eigenvalue weighted by Gasteiger charge is 2.18. The average Bonchev–Trinajstić information content (AvgIpc) is 3.31. The first-order valence-electron chi connectivity index (χ1n) is 11.2. The number of thioether (sulfide) groups is 1. The minimum atomic E-state index is -0.361. The number of H-pyrrole nitrogens is 1. The SMILES string of the molecule is Cc1ccc(-c2c(C)sc3nc(CSc4nnc(CCC(N)=O)n4CC(C)C)[nH]c(=O)c23)cc1. The van der Waals surface area contributed by atoms with Crippen LogP contribution in [0, 0.1) is 19.8 Å². The van der Waals surface area contributed by atoms with Crippen LogP contribution in [0.5, 0.6) is 0 Å². The summed E-state index contributed by atoms with van der Waals surface area (Å²) in [5.41, 5.74) is 8.32. The molecule has 0 saturated carbocycles. The number of aromatic amines is 1. The third-order valence-corrected chi connectivity index (χ3v) is 7.38. The predicted octanol–water partition coefficient (Wildman–Crippen LogP) is 4.23. The van der Waals surface area contributed by atoms with Gasteiger partial charge in [0.1, 0.15) is 16.5 Å². The standard InChI is InChI=1S/C24H28N6O2S2/c1-13(2)11-30-19(10-9-17(25)31)28-29-24(30)33-12-18-26-22(32)21-20(15(4)34-23(21)27-18)16-7-5-14(3)6-8-16/h5-8,13H,9-12H2,1-4H3,(H2,25,31)(H,26,27,32). The van der Waals surface area contributed by atoms with Gasteiger partial charge in [-0.25, -0.2) is 4.98 Å². The summed E-state index contributed by atoms with van der Waals surface area (Å²) < 4.78 is 2.03. The number of primary amides is 1. The molecule has 34 heavy (non-hydrogen) atoms. The van der Waals surface area contributed by atoms with Gasteiger partial charge in [-0.2, -0.15) is 0 Å². The molecule has 0 aliphatic carbocycles. The number of fused-ring (bicyclic) bond motifs is 1. The molecule has 10 heteroatoms. The summed E-state index contributed by atoms with van der Waals surface area (Å²) in [6, 6.07) is 8.20. The van der Waals surface area contributed by atoms with E-state index < -0.39 is 0 Å². The zero-order valence-electron chi connectivity index (χ0n) is 19.7. The predicted molar refractivity (Wildman–Crippen MR) is 137 cm³/mol. The van der Waals surface area contributed by atoms with Crippen molar-refractivity contribution in [2.75, 3.05) is 0 Å². The molecule has 0 spiro atoms. The van der Waals surface area contributed by atoms with Gasteiger partial charge in [0.25, 0.3) is 5.56 Å². The molecule has 4 aromatic rings. The summed E-state index contributed by atoms with van der Waals surface area (Å²) in [5.74, 6) is 1.81. The number of nitrogens with zero attached hydrogens (tertiary/aromatic N) is 4. The molecule has 0 saturated heterocycles. The van der Waals surface area contributed by atoms with E-state index in [1.807, 2.05) is 30.5 Å². The Labute approximate surface area is 206 Å². The Kier molecular flexibility index (Phi) is 7.18. The van der Waals surface area contributed by atoms with Crippen LogP contribution in [0.1, 0.15) is 42.4 Å². The van der Waals surface area contributed by atoms with Gasteiger partial charge >= 0.3 is 0 Å². The zero-order valence-corrected chi connectivity index (χ0v) is 21.3. The van der Waals surface area contributed by atoms with Crippen molar-refractivity contribution < 1.29 is 4.79 Å². The van der Waals surface area contributed by atoms with Crippen LogP contribution in [0.4, 0.5) is 0 Å². The van der Waals surface area contributed by atoms with E-state index in [0.29, 0.717) is 29.3 Å². The lowest BCUT2D eigenvalue weighted by molar-refractivity contribution is -0.118. The fraction of sp³-hybridized carbons (Fsp3) is 0.375. The van der Waals surface area contributed by atoms with Crippen LogP contribution in [0.2, 0.25) is 0 Å². The Morgan fingerprint density at radius 2 is 1.94 bits per heavy atom. The molecule has 3 aromatic heterocycles. The molecule has 0 unspecified atom stereocenters. The molecular formula is C24H28N6O2S2. The second-order valence-corrected chi connectivity index (χ2v) is 10.9. The Hall–Kier alpha value is -2.98. The summed E-state index contributed by atoms with van der Waals surface area (Å²) in [7, 11) is 0. The number of nitrogens with two attached hydrogens (primary N) is 1. The number of hydrogen-bond donors (Lipinski definition) is 2. The highest BCUT2D eigenvalue weighted by molar-refractivity contribution is 7.98. The van der Waals surface area contributed by atoms with Gasteiger partial charge in [0.2, 0.25) is 5.91 Å². The van der Waals surface area contributed by atoms with E-state index in [-0.39, 0.29) is 17.9 Å². The molecule has 3 N–H and O–H groups in total. The van der Waals surface area contributed by atoms with E-state index in [0.717, 1.165) is 38.4 Å². The van der Waals surface area contributed by atoms with Crippen LogP contribution in [0.3, 0.4) is 0 Å². The number of benzene rings is 1. The third kappa shape index (κ3) is 5.23. The molecule has 8 nitrogen and oxygen atoms in total. The second-order valence-electron chi connectivity index (χ2n) is 8.75. The van der Waals surface area contributed by atoms with Gasteiger partial charge in [-0.3, -0.25) is 9.59 Å². The Bertz CT molecular complexity index is 1390. The topological polar surface area (TPSA) is 120 Å². The number of nitrogens with one attached hydrogen (secondary N) is 1. The summed E-state index contributed by atoms with van der Waals surface area (Å²) in [6.07, 6.45) is 0.681. The van der Waals surface area contributed by atoms with Gasteiger partial charge in [0, 0.05) is 29.8 Å². The van der Waals surface area contributed by atoms with Crippen molar-refractivity contribution in [1.29, 1.82) is 0 Å². The molecular weight excluding hydrogens is 468 g/mol. The Balaban J connectivity index is 1.61. The first-order chi connectivity index (χ1) is 16.2. The molecule has 0 bridgehead atoms. The van der Waals surface area contributed by atoms with Crippen molar-refractivity contribution in [3.05, 3.63) is 56.7 Å². The van der Waals surface area contributed by atoms with Crippen molar-refractivity contribution >= 4 is 39.2 Å². The molecule has 1 amide bonds. The van der Waals surface area contributed by atoms with Gasteiger partial charge in [-0.1, -0.05) is 55.4 Å². The fourth-order valence-electron chi connectivity index (χ4n) is 3.83. The maximum absolute atomic E-state index is 13.1. The van der Waals surface area contributed by atoms with Gasteiger partial charge < -0.3 is 15.3 Å². The molecule has 1 aromatic carbocycles. The lowest BCUT2D eigenvalue weighted by atomic mass is 10.0. The van der Waals surface area contributed by atoms with Crippen LogP contribution < -0.4 is 11.3 Å². The molecule has 0 aliphatic rings. The maximum atomic E-state index is 13.1. The largest absolute Gasteiger partial charge is 0.370 e. The molecule has 0 radical (unpaired) electrons. The number of thiophene rings is 1. The summed E-state index contributed by atoms with van der Waals surface area (Å²) in [4.78, 5) is 33.8. The first-order valence-corrected chi connectivity index (χ1v) is 13.0. The summed E-state index contributed by atoms with van der Waals surface area (Å²) in [6.45, 7) is 9.03. The Morgan fingerprint density at radius 3 is 2.62 bits per heavy atom. The highest BCUT2D eigenvalue weighted by atomic mass is 32.2. The molecule has 0 atom stereocenters. The quantitative estimate of drug-likeness (QED) is 0.335. The minimum Gasteiger partial charge on any atom is -0.370 e. The average molecular weight is 497 g/mol. The number of aryl methyl sites for hydroxylation is 3. The second kappa shape index (κ2) is 10.1. The van der Waals surface area contributed by atoms with Crippen LogP contribution in [0.15, 0.2) is 34.2 Å². The van der Waals surface area contributed by atoms with Gasteiger partial charge in [-0.05, 0) is 25.3 Å². The number of carbonyl (C=O) groups is 1. The van der Waals surface area contributed by atoms with E-state index in [1.54, 1.807) is 0 Å². The first kappa shape index (κ1) is 24.2. The highest BCUT2D eigenvalue weighted by Crippen LogP contribution is 2.36. The van der Waals surface area contributed by atoms with E-state index in [4.69, 9.17) is 10.7 Å². The fourth-order valence-corrected chi connectivity index (χ4v) is 5.73. The number of hydrogen-bond acceptors (Lipinski definition) is 7. The molecule has 4 rings (SSSR count). The molecule has 0 aliphatic heterocycles. The van der Waals surface area contributed by atoms with Crippen molar-refractivity contribution in [2.24, 2.45) is 11.7 Å². The van der Waals surface area contributed by atoms with E-state index >= 15 is 0 Å². The van der Waals surface area contributed by atoms with Gasteiger partial charge in [-0.15, -0.1) is 21.5 Å². The maximum Gasteiger partial charge on any atom is 0.260 e. The third-order valence-electron chi connectivity index (χ3n) is 5.40. The van der Waals surface area contributed by atoms with E-state index in [9.17, 15) is 9.59 Å². The van der Waals surface area contributed by atoms with Crippen molar-refractivity contribution in [2.45, 2.75) is 58.0 Å². The van der Waals surface area contributed by atoms with E-state index in [1.165, 1.54) is 28.7 Å². The van der Waals surface area contributed by atoms with Crippen LogP contribution in [0.25, 0.3) is 21.3 Å². The zero-order chi connectivity index (χ0) is 24.4. The molecule has 178 valence electrons. The Morgan fingerprint density at radius 1 is 1.21 bits per heavy atom. The lowest BCUT2D eigenvalue weighted by Crippen LogP contribution is -2.15. The number of amides is 1. The lowest BCUT2D eigenvalue weighted by Gasteiger charge is -2.12. The van der Waals surface area contributed by atoms with Crippen molar-refractivity contribution in [3.8, 4) is 11.1 Å².